The Morgan fingerprint density at radius 3 is 2.81 bits per heavy atom. The van der Waals surface area contributed by atoms with Crippen molar-refractivity contribution >= 4 is 18.1 Å². The first-order chi connectivity index (χ1) is 17.8. The zero-order valence-electron chi connectivity index (χ0n) is 21.7. The highest BCUT2D eigenvalue weighted by Gasteiger charge is 2.58. The molecule has 3 fully saturated rings. The van der Waals surface area contributed by atoms with E-state index in [-0.39, 0.29) is 53.2 Å². The molecule has 2 aromatic rings. The van der Waals surface area contributed by atoms with Crippen LogP contribution in [-0.2, 0) is 14.3 Å². The molecule has 0 radical (unpaired) electrons. The van der Waals surface area contributed by atoms with Crippen molar-refractivity contribution in [2.75, 3.05) is 6.61 Å². The van der Waals surface area contributed by atoms with Crippen LogP contribution in [0.25, 0.3) is 17.2 Å². The van der Waals surface area contributed by atoms with Crippen LogP contribution >= 0.6 is 0 Å². The molecule has 1 saturated heterocycles. The molecule has 7 atom stereocenters. The molecule has 0 unspecified atom stereocenters. The molecule has 37 heavy (non-hydrogen) atoms. The average Bonchev–Trinajstić information content (AvgIpc) is 3.14. The van der Waals surface area contributed by atoms with Gasteiger partial charge >= 0.3 is 12.1 Å². The molecule has 1 N–H and O–H groups in total. The third-order valence-corrected chi connectivity index (χ3v) is 8.67. The number of hydrogen-bond donors (Lipinski definition) is 1. The minimum atomic E-state index is -0.374. The van der Waals surface area contributed by atoms with Crippen molar-refractivity contribution in [3.63, 3.8) is 0 Å². The second-order valence-corrected chi connectivity index (χ2v) is 11.1. The van der Waals surface area contributed by atoms with Gasteiger partial charge in [0.2, 0.25) is 0 Å². The Morgan fingerprint density at radius 1 is 1.24 bits per heavy atom. The standard InChI is InChI=1S/C30H35FN2O4/c1-4-36-29(35)33-23-11-13-26-24(27-18(2)37-28(34)25(27)16-30(26,3)15-23)12-10-22-9-8-20(17-32-22)19-6-5-7-21(31)14-19/h5-10,12,14,17-18,23-27H,4,11,13,15-16H2,1-3H3,(H,33,35)/b12-10+/t18-,23-,24+,25-,26-,27+,30+/m1/s1. The van der Waals surface area contributed by atoms with E-state index in [0.717, 1.165) is 42.5 Å². The fourth-order valence-corrected chi connectivity index (χ4v) is 7.12. The van der Waals surface area contributed by atoms with Crippen LogP contribution in [-0.4, -0.2) is 35.8 Å². The van der Waals surface area contributed by atoms with Crippen molar-refractivity contribution in [3.8, 4) is 11.1 Å². The van der Waals surface area contributed by atoms with Crippen LogP contribution in [0.1, 0.15) is 52.1 Å². The minimum absolute atomic E-state index is 0.0355. The van der Waals surface area contributed by atoms with Crippen molar-refractivity contribution < 1.29 is 23.5 Å². The summed E-state index contributed by atoms with van der Waals surface area (Å²) in [5, 5.41) is 3.02. The van der Waals surface area contributed by atoms with Crippen molar-refractivity contribution in [1.82, 2.24) is 10.3 Å². The van der Waals surface area contributed by atoms with Gasteiger partial charge in [0.15, 0.2) is 0 Å². The molecular formula is C30H35FN2O4. The van der Waals surface area contributed by atoms with Gasteiger partial charge in [0.1, 0.15) is 11.9 Å². The summed E-state index contributed by atoms with van der Waals surface area (Å²) in [6.07, 6.45) is 8.95. The SMILES string of the molecule is CCOC(=O)N[C@@H]1CC[C@@H]2[C@H](/C=C/c3ccc(-c4cccc(F)c4)cn3)[C@@H]3[C@@H](C)OC(=O)[C@@H]3C[C@]2(C)C1. The highest BCUT2D eigenvalue weighted by Crippen LogP contribution is 2.59. The Bertz CT molecular complexity index is 1180. The number of esters is 1. The summed E-state index contributed by atoms with van der Waals surface area (Å²) in [5.41, 5.74) is 2.37. The molecule has 0 bridgehead atoms. The molecule has 3 aliphatic rings. The molecule has 7 heteroatoms. The number of amides is 1. The maximum Gasteiger partial charge on any atom is 0.407 e. The first-order valence-electron chi connectivity index (χ1n) is 13.3. The number of nitrogens with zero attached hydrogens (tertiary/aromatic N) is 1. The summed E-state index contributed by atoms with van der Waals surface area (Å²) < 4.78 is 24.5. The van der Waals surface area contributed by atoms with Crippen molar-refractivity contribution in [2.24, 2.45) is 29.1 Å². The number of nitrogens with one attached hydrogen (secondary N) is 1. The molecule has 1 aliphatic heterocycles. The summed E-state index contributed by atoms with van der Waals surface area (Å²) >= 11 is 0. The molecule has 2 saturated carbocycles. The van der Waals surface area contributed by atoms with Gasteiger partial charge in [-0.15, -0.1) is 0 Å². The molecule has 0 spiro atoms. The largest absolute Gasteiger partial charge is 0.462 e. The van der Waals surface area contributed by atoms with Crippen LogP contribution in [0, 0.1) is 34.9 Å². The Labute approximate surface area is 217 Å². The monoisotopic (exact) mass is 506 g/mol. The number of carbonyl (C=O) groups is 2. The normalized spacial score (nSPS) is 32.9. The van der Waals surface area contributed by atoms with E-state index in [9.17, 15) is 14.0 Å². The first kappa shape index (κ1) is 25.4. The average molecular weight is 507 g/mol. The summed E-state index contributed by atoms with van der Waals surface area (Å²) in [7, 11) is 0. The second kappa shape index (κ2) is 10.3. The Morgan fingerprint density at radius 2 is 2.08 bits per heavy atom. The van der Waals surface area contributed by atoms with E-state index < -0.39 is 0 Å². The zero-order valence-corrected chi connectivity index (χ0v) is 21.7. The van der Waals surface area contributed by atoms with E-state index >= 15 is 0 Å². The quantitative estimate of drug-likeness (QED) is 0.502. The molecule has 2 heterocycles. The number of cyclic esters (lactones) is 1. The number of pyridine rings is 1. The van der Waals surface area contributed by atoms with E-state index in [1.807, 2.05) is 31.2 Å². The van der Waals surface area contributed by atoms with Gasteiger partial charge in [-0.3, -0.25) is 9.78 Å². The van der Waals surface area contributed by atoms with Gasteiger partial charge in [-0.05, 0) is 86.6 Å². The number of allylic oxidation sites excluding steroid dienone is 1. The van der Waals surface area contributed by atoms with Crippen LogP contribution in [0.3, 0.4) is 0 Å². The van der Waals surface area contributed by atoms with E-state index in [2.05, 4.69) is 23.3 Å². The number of alkyl carbamates (subject to hydrolysis) is 1. The molecule has 6 nitrogen and oxygen atoms in total. The number of aromatic nitrogens is 1. The van der Waals surface area contributed by atoms with Crippen molar-refractivity contribution in [1.29, 1.82) is 0 Å². The minimum Gasteiger partial charge on any atom is -0.462 e. The second-order valence-electron chi connectivity index (χ2n) is 11.1. The third-order valence-electron chi connectivity index (χ3n) is 8.67. The van der Waals surface area contributed by atoms with Gasteiger partial charge in [-0.2, -0.15) is 0 Å². The third kappa shape index (κ3) is 5.13. The molecular weight excluding hydrogens is 471 g/mol. The Kier molecular flexibility index (Phi) is 7.06. The van der Waals surface area contributed by atoms with Crippen LogP contribution in [0.5, 0.6) is 0 Å². The van der Waals surface area contributed by atoms with Crippen molar-refractivity contribution in [2.45, 2.75) is 58.6 Å². The molecule has 5 rings (SSSR count). The van der Waals surface area contributed by atoms with Gasteiger partial charge in [-0.1, -0.05) is 31.2 Å². The fraction of sp³-hybridized carbons (Fsp3) is 0.500. The van der Waals surface area contributed by atoms with Crippen LogP contribution in [0.2, 0.25) is 0 Å². The van der Waals surface area contributed by atoms with Gasteiger partial charge in [0.25, 0.3) is 0 Å². The van der Waals surface area contributed by atoms with Gasteiger partial charge in [-0.25, -0.2) is 9.18 Å². The molecule has 1 aromatic carbocycles. The predicted molar refractivity (Wildman–Crippen MR) is 139 cm³/mol. The lowest BCUT2D eigenvalue weighted by Crippen LogP contribution is -2.53. The highest BCUT2D eigenvalue weighted by atomic mass is 19.1. The van der Waals surface area contributed by atoms with Gasteiger partial charge in [0.05, 0.1) is 18.2 Å². The lowest BCUT2D eigenvalue weighted by molar-refractivity contribution is -0.145. The lowest BCUT2D eigenvalue weighted by atomic mass is 9.50. The summed E-state index contributed by atoms with van der Waals surface area (Å²) in [6, 6.07) is 10.4. The zero-order chi connectivity index (χ0) is 26.2. The predicted octanol–water partition coefficient (Wildman–Crippen LogP) is 6.02. The van der Waals surface area contributed by atoms with E-state index in [4.69, 9.17) is 9.47 Å². The highest BCUT2D eigenvalue weighted by molar-refractivity contribution is 5.76. The van der Waals surface area contributed by atoms with Crippen LogP contribution < -0.4 is 5.32 Å². The summed E-state index contributed by atoms with van der Waals surface area (Å²) in [4.78, 5) is 29.5. The maximum absolute atomic E-state index is 13.6. The number of benzene rings is 1. The molecule has 196 valence electrons. The van der Waals surface area contributed by atoms with E-state index in [1.165, 1.54) is 12.1 Å². The van der Waals surface area contributed by atoms with Crippen molar-refractivity contribution in [3.05, 3.63) is 60.2 Å². The fourth-order valence-electron chi connectivity index (χ4n) is 7.12. The number of ether oxygens (including phenoxy) is 2. The lowest BCUT2D eigenvalue weighted by Gasteiger charge is -2.54. The smallest absolute Gasteiger partial charge is 0.407 e. The number of rotatable bonds is 5. The first-order valence-corrected chi connectivity index (χ1v) is 13.3. The number of hydrogen-bond acceptors (Lipinski definition) is 5. The van der Waals surface area contributed by atoms with Crippen LogP contribution in [0.4, 0.5) is 9.18 Å². The Hall–Kier alpha value is -3.22. The summed E-state index contributed by atoms with van der Waals surface area (Å²) in [6.45, 7) is 6.41. The summed E-state index contributed by atoms with van der Waals surface area (Å²) in [5.74, 6) is 0.144. The molecule has 1 amide bonds. The van der Waals surface area contributed by atoms with Crippen LogP contribution in [0.15, 0.2) is 48.7 Å². The number of carbonyl (C=O) groups excluding carboxylic acids is 2. The van der Waals surface area contributed by atoms with Gasteiger partial charge in [0, 0.05) is 23.7 Å². The van der Waals surface area contributed by atoms with E-state index in [0.29, 0.717) is 12.5 Å². The molecule has 1 aromatic heterocycles. The van der Waals surface area contributed by atoms with E-state index in [1.54, 1.807) is 19.2 Å². The van der Waals surface area contributed by atoms with Gasteiger partial charge < -0.3 is 14.8 Å². The topological polar surface area (TPSA) is 77.5 Å². The molecule has 2 aliphatic carbocycles. The number of halogens is 1. The number of fused-ring (bicyclic) bond motifs is 2. The Balaban J connectivity index is 1.38. The maximum atomic E-state index is 13.6.